The average molecular weight is 483 g/mol. The molecule has 0 radical (unpaired) electrons. The van der Waals surface area contributed by atoms with Gasteiger partial charge in [-0.15, -0.1) is 0 Å². The van der Waals surface area contributed by atoms with Crippen LogP contribution in [0.1, 0.15) is 43.4 Å². The summed E-state index contributed by atoms with van der Waals surface area (Å²) in [6.07, 6.45) is 3.84. The number of sulfonamides is 1. The lowest BCUT2D eigenvalue weighted by Gasteiger charge is -2.36. The molecule has 1 aromatic heterocycles. The highest BCUT2D eigenvalue weighted by Crippen LogP contribution is 2.37. The van der Waals surface area contributed by atoms with E-state index in [4.69, 9.17) is 4.74 Å². The highest BCUT2D eigenvalue weighted by Gasteiger charge is 2.32. The number of aromatic nitrogens is 2. The normalized spacial score (nSPS) is 18.4. The molecule has 2 N–H and O–H groups in total. The third-order valence-electron chi connectivity index (χ3n) is 5.99. The van der Waals surface area contributed by atoms with Crippen LogP contribution in [-0.2, 0) is 30.0 Å². The Hall–Kier alpha value is -2.68. The van der Waals surface area contributed by atoms with E-state index in [0.717, 1.165) is 29.8 Å². The second-order valence-corrected chi connectivity index (χ2v) is 11.9. The summed E-state index contributed by atoms with van der Waals surface area (Å²) in [5.74, 6) is 1.08. The summed E-state index contributed by atoms with van der Waals surface area (Å²) in [4.78, 5) is 3.96. The summed E-state index contributed by atoms with van der Waals surface area (Å²) in [5, 5.41) is 3.74. The van der Waals surface area contributed by atoms with Gasteiger partial charge >= 0.3 is 0 Å². The molecule has 8 heteroatoms. The SMILES string of the molecule is Cn1cnc(S(=O)(=O)NCc2ccc3c(c2)C(Cc2ccccc2)C(NCC(C)(C)C)CO3)c1. The first kappa shape index (κ1) is 24.4. The Bertz CT molecular complexity index is 1220. The molecule has 1 aliphatic heterocycles. The van der Waals surface area contributed by atoms with E-state index < -0.39 is 10.0 Å². The first-order chi connectivity index (χ1) is 16.1. The van der Waals surface area contributed by atoms with Crippen molar-refractivity contribution in [2.45, 2.75) is 50.7 Å². The molecule has 0 fully saturated rings. The quantitative estimate of drug-likeness (QED) is 0.512. The zero-order valence-corrected chi connectivity index (χ0v) is 21.1. The maximum Gasteiger partial charge on any atom is 0.259 e. The van der Waals surface area contributed by atoms with Crippen LogP contribution in [0, 0.1) is 5.41 Å². The van der Waals surface area contributed by atoms with Crippen molar-refractivity contribution in [3.8, 4) is 5.75 Å². The third-order valence-corrected chi connectivity index (χ3v) is 7.28. The maximum absolute atomic E-state index is 12.6. The van der Waals surface area contributed by atoms with Gasteiger partial charge < -0.3 is 14.6 Å². The van der Waals surface area contributed by atoms with E-state index in [1.54, 1.807) is 11.6 Å². The number of hydrogen-bond acceptors (Lipinski definition) is 5. The molecule has 182 valence electrons. The standard InChI is InChI=1S/C26H34N4O3S/c1-26(2,3)17-27-23-16-33-24-11-10-20(14-29-34(31,32)25-15-30(4)18-28-25)13-22(24)21(23)12-19-8-6-5-7-9-19/h5-11,13,15,18,21,23,27,29H,12,14,16-17H2,1-4H3. The van der Waals surface area contributed by atoms with Crippen molar-refractivity contribution < 1.29 is 13.2 Å². The van der Waals surface area contributed by atoms with Gasteiger partial charge in [0.2, 0.25) is 0 Å². The highest BCUT2D eigenvalue weighted by atomic mass is 32.2. The number of rotatable bonds is 8. The summed E-state index contributed by atoms with van der Waals surface area (Å²) in [5.41, 5.74) is 3.42. The molecule has 4 rings (SSSR count). The molecule has 0 bridgehead atoms. The van der Waals surface area contributed by atoms with Crippen molar-refractivity contribution in [2.24, 2.45) is 12.5 Å². The third kappa shape index (κ3) is 6.05. The molecular weight excluding hydrogens is 448 g/mol. The Kier molecular flexibility index (Phi) is 7.12. The molecule has 34 heavy (non-hydrogen) atoms. The van der Waals surface area contributed by atoms with Gasteiger partial charge in [-0.25, -0.2) is 18.1 Å². The van der Waals surface area contributed by atoms with Crippen LogP contribution in [-0.4, -0.2) is 37.2 Å². The molecule has 0 spiro atoms. The smallest absolute Gasteiger partial charge is 0.259 e. The van der Waals surface area contributed by atoms with Gasteiger partial charge in [-0.3, -0.25) is 0 Å². The van der Waals surface area contributed by atoms with Crippen LogP contribution in [0.4, 0.5) is 0 Å². The van der Waals surface area contributed by atoms with E-state index >= 15 is 0 Å². The number of hydrogen-bond donors (Lipinski definition) is 2. The summed E-state index contributed by atoms with van der Waals surface area (Å²) >= 11 is 0. The van der Waals surface area contributed by atoms with E-state index in [2.05, 4.69) is 66.1 Å². The number of nitrogens with zero attached hydrogens (tertiary/aromatic N) is 2. The number of fused-ring (bicyclic) bond motifs is 1. The second-order valence-electron chi connectivity index (χ2n) is 10.2. The van der Waals surface area contributed by atoms with Crippen LogP contribution in [0.15, 0.2) is 66.1 Å². The fourth-order valence-corrected chi connectivity index (χ4v) is 5.18. The van der Waals surface area contributed by atoms with Crippen molar-refractivity contribution in [3.05, 3.63) is 77.7 Å². The predicted octanol–water partition coefficient (Wildman–Crippen LogP) is 3.62. The Morgan fingerprint density at radius 2 is 1.88 bits per heavy atom. The topological polar surface area (TPSA) is 85.2 Å². The van der Waals surface area contributed by atoms with Gasteiger partial charge in [-0.05, 0) is 34.6 Å². The molecule has 0 saturated carbocycles. The summed E-state index contributed by atoms with van der Waals surface area (Å²) in [6.45, 7) is 8.32. The first-order valence-electron chi connectivity index (χ1n) is 11.6. The van der Waals surface area contributed by atoms with Crippen LogP contribution in [0.25, 0.3) is 0 Å². The monoisotopic (exact) mass is 482 g/mol. The van der Waals surface area contributed by atoms with E-state index in [9.17, 15) is 8.42 Å². The minimum absolute atomic E-state index is 0.0182. The van der Waals surface area contributed by atoms with E-state index in [1.807, 2.05) is 18.2 Å². The second kappa shape index (κ2) is 9.90. The van der Waals surface area contributed by atoms with Gasteiger partial charge in [0.1, 0.15) is 12.4 Å². The molecule has 2 heterocycles. The highest BCUT2D eigenvalue weighted by molar-refractivity contribution is 7.89. The van der Waals surface area contributed by atoms with Gasteiger partial charge in [-0.2, -0.15) is 0 Å². The lowest BCUT2D eigenvalue weighted by molar-refractivity contribution is 0.198. The zero-order chi connectivity index (χ0) is 24.3. The molecule has 1 aliphatic rings. The van der Waals surface area contributed by atoms with E-state index in [-0.39, 0.29) is 28.9 Å². The summed E-state index contributed by atoms with van der Waals surface area (Å²) < 4.78 is 35.7. The molecular formula is C26H34N4O3S. The largest absolute Gasteiger partial charge is 0.492 e. The maximum atomic E-state index is 12.6. The van der Waals surface area contributed by atoms with E-state index in [1.165, 1.54) is 18.1 Å². The van der Waals surface area contributed by atoms with Gasteiger partial charge in [0, 0.05) is 38.3 Å². The molecule has 0 aliphatic carbocycles. The van der Waals surface area contributed by atoms with Crippen LogP contribution in [0.2, 0.25) is 0 Å². The van der Waals surface area contributed by atoms with Gasteiger partial charge in [0.05, 0.1) is 6.33 Å². The lowest BCUT2D eigenvalue weighted by Crippen LogP contribution is -2.46. The molecule has 2 unspecified atom stereocenters. The van der Waals surface area contributed by atoms with Gasteiger partial charge in [0.15, 0.2) is 5.03 Å². The van der Waals surface area contributed by atoms with Crippen molar-refractivity contribution in [1.29, 1.82) is 0 Å². The Balaban J connectivity index is 1.58. The fourth-order valence-electron chi connectivity index (χ4n) is 4.18. The molecule has 0 saturated heterocycles. The van der Waals surface area contributed by atoms with Crippen molar-refractivity contribution in [3.63, 3.8) is 0 Å². The Morgan fingerprint density at radius 1 is 1.12 bits per heavy atom. The Morgan fingerprint density at radius 3 is 2.56 bits per heavy atom. The molecule has 2 atom stereocenters. The first-order valence-corrected chi connectivity index (χ1v) is 13.1. The van der Waals surface area contributed by atoms with Crippen LogP contribution in [0.5, 0.6) is 5.75 Å². The Labute approximate surface area is 202 Å². The average Bonchev–Trinajstić information content (AvgIpc) is 3.24. The minimum atomic E-state index is -3.68. The van der Waals surface area contributed by atoms with Crippen LogP contribution < -0.4 is 14.8 Å². The molecule has 3 aromatic rings. The van der Waals surface area contributed by atoms with E-state index in [0.29, 0.717) is 6.61 Å². The minimum Gasteiger partial charge on any atom is -0.492 e. The van der Waals surface area contributed by atoms with Crippen LogP contribution in [0.3, 0.4) is 0 Å². The van der Waals surface area contributed by atoms with Gasteiger partial charge in [0.25, 0.3) is 10.0 Å². The number of benzene rings is 2. The van der Waals surface area contributed by atoms with Crippen molar-refractivity contribution in [2.75, 3.05) is 13.2 Å². The van der Waals surface area contributed by atoms with Gasteiger partial charge in [-0.1, -0.05) is 63.2 Å². The number of imidazole rings is 1. The summed E-state index contributed by atoms with van der Waals surface area (Å²) in [6, 6.07) is 16.6. The fraction of sp³-hybridized carbons (Fsp3) is 0.423. The van der Waals surface area contributed by atoms with Crippen LogP contribution >= 0.6 is 0 Å². The summed E-state index contributed by atoms with van der Waals surface area (Å²) in [7, 11) is -1.94. The number of ether oxygens (including phenoxy) is 1. The molecule has 7 nitrogen and oxygen atoms in total. The molecule has 0 amide bonds. The van der Waals surface area contributed by atoms with Crippen molar-refractivity contribution >= 4 is 10.0 Å². The lowest BCUT2D eigenvalue weighted by atomic mass is 9.82. The zero-order valence-electron chi connectivity index (χ0n) is 20.3. The number of nitrogens with one attached hydrogen (secondary N) is 2. The molecule has 2 aromatic carbocycles. The van der Waals surface area contributed by atoms with Crippen molar-refractivity contribution in [1.82, 2.24) is 19.6 Å². The predicted molar refractivity (Wildman–Crippen MR) is 133 cm³/mol. The number of aryl methyl sites for hydroxylation is 1.